The summed E-state index contributed by atoms with van der Waals surface area (Å²) >= 11 is 0. The van der Waals surface area contributed by atoms with Gasteiger partial charge >= 0.3 is 5.97 Å². The van der Waals surface area contributed by atoms with Gasteiger partial charge in [-0.05, 0) is 32.4 Å². The number of amides is 1. The Morgan fingerprint density at radius 3 is 2.73 bits per heavy atom. The van der Waals surface area contributed by atoms with Crippen LogP contribution < -0.4 is 5.32 Å². The summed E-state index contributed by atoms with van der Waals surface area (Å²) in [4.78, 5) is 28.9. The molecule has 1 fully saturated rings. The van der Waals surface area contributed by atoms with Gasteiger partial charge in [0.1, 0.15) is 0 Å². The zero-order valence-electron chi connectivity index (χ0n) is 14.6. The van der Waals surface area contributed by atoms with Crippen molar-refractivity contribution in [2.24, 2.45) is 0 Å². The molecule has 1 aromatic carbocycles. The lowest BCUT2D eigenvalue weighted by Crippen LogP contribution is -2.48. The van der Waals surface area contributed by atoms with E-state index in [0.717, 1.165) is 0 Å². The Kier molecular flexibility index (Phi) is 4.70. The highest BCUT2D eigenvalue weighted by atomic mass is 32.2. The molecule has 0 bridgehead atoms. The Morgan fingerprint density at radius 1 is 1.31 bits per heavy atom. The second-order valence-corrected chi connectivity index (χ2v) is 9.04. The molecule has 1 aliphatic rings. The molecule has 3 rings (SSSR count). The second kappa shape index (κ2) is 6.68. The molecule has 1 atom stereocenters. The van der Waals surface area contributed by atoms with Crippen LogP contribution in [0.2, 0.25) is 0 Å². The molecule has 1 aliphatic heterocycles. The maximum absolute atomic E-state index is 12.4. The third kappa shape index (κ3) is 4.01. The first kappa shape index (κ1) is 18.3. The largest absolute Gasteiger partial charge is 0.452 e. The average Bonchev–Trinajstić information content (AvgIpc) is 2.84. The topological polar surface area (TPSA) is 102 Å². The summed E-state index contributed by atoms with van der Waals surface area (Å²) in [6.07, 6.45) is 0.350. The number of aryl methyl sites for hydroxylation is 1. The zero-order chi connectivity index (χ0) is 18.9. The van der Waals surface area contributed by atoms with Crippen LogP contribution in [0.4, 0.5) is 0 Å². The van der Waals surface area contributed by atoms with Gasteiger partial charge in [0.2, 0.25) is 0 Å². The third-order valence-corrected chi connectivity index (χ3v) is 6.25. The number of para-hydroxylation sites is 1. The Labute approximate surface area is 151 Å². The molecule has 1 amide bonds. The molecular formula is C18H20N2O5S. The van der Waals surface area contributed by atoms with E-state index in [-0.39, 0.29) is 11.5 Å². The molecule has 7 nitrogen and oxygen atoms in total. The van der Waals surface area contributed by atoms with E-state index in [1.54, 1.807) is 38.1 Å². The van der Waals surface area contributed by atoms with Gasteiger partial charge in [0, 0.05) is 11.1 Å². The first-order valence-electron chi connectivity index (χ1n) is 8.22. The number of carbonyl (C=O) groups is 2. The summed E-state index contributed by atoms with van der Waals surface area (Å²) in [6, 6.07) is 8.81. The fraction of sp³-hybridized carbons (Fsp3) is 0.389. The summed E-state index contributed by atoms with van der Waals surface area (Å²) in [6.45, 7) is 2.98. The van der Waals surface area contributed by atoms with Gasteiger partial charge < -0.3 is 10.1 Å². The molecule has 1 saturated heterocycles. The van der Waals surface area contributed by atoms with E-state index >= 15 is 0 Å². The van der Waals surface area contributed by atoms with Gasteiger partial charge in [-0.25, -0.2) is 13.2 Å². The molecule has 0 unspecified atom stereocenters. The number of carbonyl (C=O) groups excluding carboxylic acids is 2. The van der Waals surface area contributed by atoms with Gasteiger partial charge in [-0.3, -0.25) is 9.78 Å². The van der Waals surface area contributed by atoms with Gasteiger partial charge in [-0.1, -0.05) is 18.2 Å². The van der Waals surface area contributed by atoms with Crippen molar-refractivity contribution in [3.63, 3.8) is 0 Å². The van der Waals surface area contributed by atoms with E-state index in [0.29, 0.717) is 28.6 Å². The number of ether oxygens (including phenoxy) is 1. The summed E-state index contributed by atoms with van der Waals surface area (Å²) in [5.74, 6) is -1.20. The van der Waals surface area contributed by atoms with E-state index in [1.165, 1.54) is 0 Å². The average molecular weight is 376 g/mol. The molecule has 0 spiro atoms. The van der Waals surface area contributed by atoms with Crippen LogP contribution >= 0.6 is 0 Å². The van der Waals surface area contributed by atoms with Gasteiger partial charge in [0.15, 0.2) is 16.4 Å². The Balaban J connectivity index is 1.67. The molecule has 0 saturated carbocycles. The van der Waals surface area contributed by atoms with Gasteiger partial charge in [-0.15, -0.1) is 0 Å². The Bertz CT molecular complexity index is 986. The molecule has 8 heteroatoms. The van der Waals surface area contributed by atoms with Gasteiger partial charge in [0.05, 0.1) is 28.1 Å². The van der Waals surface area contributed by atoms with Crippen LogP contribution in [0.3, 0.4) is 0 Å². The molecule has 138 valence electrons. The number of fused-ring (bicyclic) bond motifs is 1. The van der Waals surface area contributed by atoms with E-state index in [1.807, 2.05) is 6.07 Å². The normalized spacial score (nSPS) is 21.5. The standard InChI is InChI=1S/C18H20N2O5S/c1-12-9-14(13-5-3-4-6-15(13)19-12)17(22)25-10-16(21)20-18(2)7-8-26(23,24)11-18/h3-6,9H,7-8,10-11H2,1-2H3,(H,20,21)/t18-/m0/s1. The van der Waals surface area contributed by atoms with Crippen molar-refractivity contribution in [3.8, 4) is 0 Å². The van der Waals surface area contributed by atoms with Gasteiger partial charge in [0.25, 0.3) is 5.91 Å². The second-order valence-electron chi connectivity index (χ2n) is 6.86. The molecule has 0 radical (unpaired) electrons. The third-order valence-electron chi connectivity index (χ3n) is 4.34. The molecule has 0 aliphatic carbocycles. The highest BCUT2D eigenvalue weighted by Crippen LogP contribution is 2.23. The fourth-order valence-electron chi connectivity index (χ4n) is 3.17. The van der Waals surface area contributed by atoms with Crippen molar-refractivity contribution in [1.29, 1.82) is 0 Å². The van der Waals surface area contributed by atoms with Crippen molar-refractivity contribution in [3.05, 3.63) is 41.6 Å². The summed E-state index contributed by atoms with van der Waals surface area (Å²) < 4.78 is 28.3. The predicted molar refractivity (Wildman–Crippen MR) is 96.6 cm³/mol. The minimum Gasteiger partial charge on any atom is -0.452 e. The van der Waals surface area contributed by atoms with E-state index in [9.17, 15) is 18.0 Å². The first-order valence-corrected chi connectivity index (χ1v) is 10.0. The maximum Gasteiger partial charge on any atom is 0.339 e. The van der Waals surface area contributed by atoms with Crippen LogP contribution in [0.15, 0.2) is 30.3 Å². The molecule has 26 heavy (non-hydrogen) atoms. The number of nitrogens with zero attached hydrogens (tertiary/aromatic N) is 1. The number of hydrogen-bond donors (Lipinski definition) is 1. The lowest BCUT2D eigenvalue weighted by atomic mass is 10.0. The Morgan fingerprint density at radius 2 is 2.04 bits per heavy atom. The van der Waals surface area contributed by atoms with Crippen LogP contribution in [0.25, 0.3) is 10.9 Å². The quantitative estimate of drug-likeness (QED) is 0.809. The summed E-state index contributed by atoms with van der Waals surface area (Å²) in [5.41, 5.74) is 0.870. The highest BCUT2D eigenvalue weighted by molar-refractivity contribution is 7.91. The number of nitrogens with one attached hydrogen (secondary N) is 1. The number of aromatic nitrogens is 1. The first-order chi connectivity index (χ1) is 12.2. The number of sulfone groups is 1. The monoisotopic (exact) mass is 376 g/mol. The van der Waals surface area contributed by atoms with Crippen LogP contribution in [-0.4, -0.2) is 48.9 Å². The van der Waals surface area contributed by atoms with Crippen molar-refractivity contribution in [2.75, 3.05) is 18.1 Å². The summed E-state index contributed by atoms with van der Waals surface area (Å²) in [7, 11) is -3.13. The van der Waals surface area contributed by atoms with Crippen LogP contribution in [0, 0.1) is 6.92 Å². The van der Waals surface area contributed by atoms with Gasteiger partial charge in [-0.2, -0.15) is 0 Å². The molecule has 2 aromatic rings. The Hall–Kier alpha value is -2.48. The molecule has 2 heterocycles. The maximum atomic E-state index is 12.4. The smallest absolute Gasteiger partial charge is 0.339 e. The SMILES string of the molecule is Cc1cc(C(=O)OCC(=O)N[C@@]2(C)CCS(=O)(=O)C2)c2ccccc2n1. The highest BCUT2D eigenvalue weighted by Gasteiger charge is 2.39. The zero-order valence-corrected chi connectivity index (χ0v) is 15.4. The molecular weight excluding hydrogens is 356 g/mol. The van der Waals surface area contributed by atoms with E-state index in [2.05, 4.69) is 10.3 Å². The molecule has 1 N–H and O–H groups in total. The minimum absolute atomic E-state index is 0.0475. The number of hydrogen-bond acceptors (Lipinski definition) is 6. The van der Waals surface area contributed by atoms with Crippen LogP contribution in [0.5, 0.6) is 0 Å². The molecule has 1 aromatic heterocycles. The van der Waals surface area contributed by atoms with Crippen molar-refractivity contribution < 1.29 is 22.7 Å². The summed E-state index contributed by atoms with van der Waals surface area (Å²) in [5, 5.41) is 3.31. The van der Waals surface area contributed by atoms with Crippen molar-refractivity contribution >= 4 is 32.6 Å². The van der Waals surface area contributed by atoms with Crippen molar-refractivity contribution in [2.45, 2.75) is 25.8 Å². The van der Waals surface area contributed by atoms with Crippen molar-refractivity contribution in [1.82, 2.24) is 10.3 Å². The number of rotatable bonds is 4. The predicted octanol–water partition coefficient (Wildman–Crippen LogP) is 1.39. The lowest BCUT2D eigenvalue weighted by molar-refractivity contribution is -0.125. The van der Waals surface area contributed by atoms with Crippen LogP contribution in [-0.2, 0) is 19.4 Å². The number of pyridine rings is 1. The van der Waals surface area contributed by atoms with E-state index < -0.39 is 33.9 Å². The van der Waals surface area contributed by atoms with E-state index in [4.69, 9.17) is 4.74 Å². The number of esters is 1. The number of benzene rings is 1. The van der Waals surface area contributed by atoms with Crippen LogP contribution in [0.1, 0.15) is 29.4 Å². The fourth-order valence-corrected chi connectivity index (χ4v) is 5.26. The lowest BCUT2D eigenvalue weighted by Gasteiger charge is -2.23. The minimum atomic E-state index is -3.13.